The summed E-state index contributed by atoms with van der Waals surface area (Å²) in [4.78, 5) is 2.73. The highest BCUT2D eigenvalue weighted by Crippen LogP contribution is 2.18. The summed E-state index contributed by atoms with van der Waals surface area (Å²) in [5.74, 6) is 0. The molecule has 0 aromatic rings. The minimum absolute atomic E-state index is 0.663. The molecule has 2 nitrogen and oxygen atoms in total. The monoisotopic (exact) mass is 226 g/mol. The summed E-state index contributed by atoms with van der Waals surface area (Å²) in [7, 11) is 0. The lowest BCUT2D eigenvalue weighted by molar-refractivity contribution is 0.0850. The molecule has 0 bridgehead atoms. The second-order valence-electron chi connectivity index (χ2n) is 5.41. The van der Waals surface area contributed by atoms with Gasteiger partial charge in [0.1, 0.15) is 0 Å². The lowest BCUT2D eigenvalue weighted by Crippen LogP contribution is -2.57. The van der Waals surface area contributed by atoms with Crippen LogP contribution in [0.3, 0.4) is 0 Å². The fourth-order valence-corrected chi connectivity index (χ4v) is 2.76. The van der Waals surface area contributed by atoms with Crippen LogP contribution in [0.1, 0.15) is 59.8 Å². The number of hydrogen-bond acceptors (Lipinski definition) is 2. The quantitative estimate of drug-likeness (QED) is 0.700. The van der Waals surface area contributed by atoms with E-state index in [1.165, 1.54) is 45.2 Å². The van der Waals surface area contributed by atoms with Crippen LogP contribution in [0.2, 0.25) is 0 Å². The first-order chi connectivity index (χ1) is 7.69. The lowest BCUT2D eigenvalue weighted by Gasteiger charge is -2.42. The molecule has 1 fully saturated rings. The number of nitrogens with one attached hydrogen (secondary N) is 1. The van der Waals surface area contributed by atoms with Crippen LogP contribution in [0.5, 0.6) is 0 Å². The zero-order chi connectivity index (χ0) is 12.0. The van der Waals surface area contributed by atoms with Gasteiger partial charge < -0.3 is 5.32 Å². The van der Waals surface area contributed by atoms with Gasteiger partial charge in [0.2, 0.25) is 0 Å². The van der Waals surface area contributed by atoms with Crippen molar-refractivity contribution in [3.8, 4) is 0 Å². The molecule has 1 aliphatic rings. The average molecular weight is 226 g/mol. The van der Waals surface area contributed by atoms with Gasteiger partial charge in [0, 0.05) is 31.2 Å². The Morgan fingerprint density at radius 2 is 2.06 bits per heavy atom. The maximum atomic E-state index is 3.59. The minimum atomic E-state index is 0.663. The van der Waals surface area contributed by atoms with Crippen LogP contribution in [-0.2, 0) is 0 Å². The molecule has 0 spiro atoms. The molecule has 1 aliphatic heterocycles. The Morgan fingerprint density at radius 3 is 2.69 bits per heavy atom. The van der Waals surface area contributed by atoms with Crippen LogP contribution < -0.4 is 5.32 Å². The molecule has 2 heteroatoms. The van der Waals surface area contributed by atoms with Crippen molar-refractivity contribution >= 4 is 0 Å². The molecular formula is C14H30N2. The Balaban J connectivity index is 2.39. The van der Waals surface area contributed by atoms with Gasteiger partial charge in [0.05, 0.1) is 0 Å². The van der Waals surface area contributed by atoms with Crippen LogP contribution in [0.25, 0.3) is 0 Å². The molecule has 0 aromatic heterocycles. The molecule has 1 N–H and O–H groups in total. The Labute approximate surface area is 102 Å². The van der Waals surface area contributed by atoms with Gasteiger partial charge >= 0.3 is 0 Å². The van der Waals surface area contributed by atoms with Crippen molar-refractivity contribution in [3.63, 3.8) is 0 Å². The van der Waals surface area contributed by atoms with Crippen LogP contribution in [0.15, 0.2) is 0 Å². The van der Waals surface area contributed by atoms with E-state index in [9.17, 15) is 0 Å². The van der Waals surface area contributed by atoms with Crippen LogP contribution >= 0.6 is 0 Å². The smallest absolute Gasteiger partial charge is 0.0221 e. The van der Waals surface area contributed by atoms with Gasteiger partial charge in [0.25, 0.3) is 0 Å². The Hall–Kier alpha value is -0.0800. The molecule has 96 valence electrons. The van der Waals surface area contributed by atoms with Gasteiger partial charge in [0.15, 0.2) is 0 Å². The molecule has 0 radical (unpaired) electrons. The molecule has 0 amide bonds. The van der Waals surface area contributed by atoms with Crippen LogP contribution in [-0.4, -0.2) is 36.1 Å². The van der Waals surface area contributed by atoms with E-state index in [1.54, 1.807) is 0 Å². The highest BCUT2D eigenvalue weighted by Gasteiger charge is 2.27. The summed E-state index contributed by atoms with van der Waals surface area (Å²) in [5, 5.41) is 3.59. The van der Waals surface area contributed by atoms with Crippen molar-refractivity contribution in [2.45, 2.75) is 77.9 Å². The first-order valence-corrected chi connectivity index (χ1v) is 7.18. The zero-order valence-electron chi connectivity index (χ0n) is 11.6. The first kappa shape index (κ1) is 14.0. The molecule has 0 aliphatic carbocycles. The van der Waals surface area contributed by atoms with Gasteiger partial charge in [-0.05, 0) is 26.7 Å². The van der Waals surface area contributed by atoms with Crippen molar-refractivity contribution < 1.29 is 0 Å². The number of rotatable bonds is 6. The molecule has 1 saturated heterocycles. The fourth-order valence-electron chi connectivity index (χ4n) is 2.76. The van der Waals surface area contributed by atoms with Gasteiger partial charge in [-0.2, -0.15) is 0 Å². The predicted molar refractivity (Wildman–Crippen MR) is 71.9 cm³/mol. The minimum Gasteiger partial charge on any atom is -0.311 e. The molecule has 16 heavy (non-hydrogen) atoms. The summed E-state index contributed by atoms with van der Waals surface area (Å²) in [6, 6.07) is 2.19. The van der Waals surface area contributed by atoms with Crippen molar-refractivity contribution in [1.29, 1.82) is 0 Å². The van der Waals surface area contributed by atoms with Gasteiger partial charge in [-0.25, -0.2) is 0 Å². The fraction of sp³-hybridized carbons (Fsp3) is 1.00. The summed E-state index contributed by atoms with van der Waals surface area (Å²) in [5.41, 5.74) is 0. The maximum absolute atomic E-state index is 3.59. The van der Waals surface area contributed by atoms with Crippen molar-refractivity contribution in [3.05, 3.63) is 0 Å². The van der Waals surface area contributed by atoms with Crippen LogP contribution in [0, 0.1) is 0 Å². The molecule has 1 heterocycles. The molecule has 3 atom stereocenters. The number of unbranched alkanes of at least 4 members (excludes halogenated alkanes) is 2. The van der Waals surface area contributed by atoms with E-state index in [0.29, 0.717) is 6.04 Å². The first-order valence-electron chi connectivity index (χ1n) is 7.18. The molecule has 0 saturated carbocycles. The molecular weight excluding hydrogens is 196 g/mol. The third-order valence-electron chi connectivity index (χ3n) is 3.92. The Morgan fingerprint density at radius 1 is 1.31 bits per heavy atom. The summed E-state index contributed by atoms with van der Waals surface area (Å²) < 4.78 is 0. The van der Waals surface area contributed by atoms with Crippen molar-refractivity contribution in [2.24, 2.45) is 0 Å². The molecule has 0 aromatic carbocycles. The predicted octanol–water partition coefficient (Wildman–Crippen LogP) is 3.03. The second-order valence-corrected chi connectivity index (χ2v) is 5.41. The number of piperazine rings is 1. The topological polar surface area (TPSA) is 15.3 Å². The summed E-state index contributed by atoms with van der Waals surface area (Å²) >= 11 is 0. The summed E-state index contributed by atoms with van der Waals surface area (Å²) in [6.07, 6.45) is 6.77. The van der Waals surface area contributed by atoms with E-state index >= 15 is 0 Å². The van der Waals surface area contributed by atoms with E-state index in [0.717, 1.165) is 12.1 Å². The Kier molecular flexibility index (Phi) is 6.37. The van der Waals surface area contributed by atoms with E-state index < -0.39 is 0 Å². The number of hydrogen-bond donors (Lipinski definition) is 1. The average Bonchev–Trinajstić information content (AvgIpc) is 2.29. The molecule has 1 rings (SSSR count). The van der Waals surface area contributed by atoms with E-state index in [2.05, 4.69) is 37.9 Å². The lowest BCUT2D eigenvalue weighted by atomic mass is 10.0. The zero-order valence-corrected chi connectivity index (χ0v) is 11.6. The SMILES string of the molecule is CCCCCC(C)N1CC(C)NCC1CC. The highest BCUT2D eigenvalue weighted by atomic mass is 15.2. The van der Waals surface area contributed by atoms with E-state index in [1.807, 2.05) is 0 Å². The third kappa shape index (κ3) is 4.06. The van der Waals surface area contributed by atoms with E-state index in [-0.39, 0.29) is 0 Å². The highest BCUT2D eigenvalue weighted by molar-refractivity contribution is 4.86. The van der Waals surface area contributed by atoms with Crippen molar-refractivity contribution in [1.82, 2.24) is 10.2 Å². The van der Waals surface area contributed by atoms with Gasteiger partial charge in [-0.1, -0.05) is 33.1 Å². The largest absolute Gasteiger partial charge is 0.311 e. The maximum Gasteiger partial charge on any atom is 0.0221 e. The van der Waals surface area contributed by atoms with E-state index in [4.69, 9.17) is 0 Å². The normalized spacial score (nSPS) is 29.2. The van der Waals surface area contributed by atoms with Gasteiger partial charge in [-0.3, -0.25) is 4.90 Å². The molecule has 3 unspecified atom stereocenters. The summed E-state index contributed by atoms with van der Waals surface area (Å²) in [6.45, 7) is 11.7. The van der Waals surface area contributed by atoms with Gasteiger partial charge in [-0.15, -0.1) is 0 Å². The Bertz CT molecular complexity index is 182. The van der Waals surface area contributed by atoms with Crippen molar-refractivity contribution in [2.75, 3.05) is 13.1 Å². The van der Waals surface area contributed by atoms with Crippen LogP contribution in [0.4, 0.5) is 0 Å². The second kappa shape index (κ2) is 7.29. The third-order valence-corrected chi connectivity index (χ3v) is 3.92. The number of nitrogens with zero attached hydrogens (tertiary/aromatic N) is 1. The standard InChI is InChI=1S/C14H30N2/c1-5-7-8-9-13(4)16-11-12(3)15-10-14(16)6-2/h12-15H,5-11H2,1-4H3.